The molecule has 0 saturated heterocycles. The maximum absolute atomic E-state index is 11.6. The standard InChI is InChI=1S/C18H16ClN3O3/c1-18(2)8-10-14-13(7-9(16(23)24)15(10)25-18)21-17(22-14)20-12-6-4-3-5-11(12)19/h3-7H,8H2,1-2H3,(H,23,24)(H2,20,21,22). The molecular weight excluding hydrogens is 342 g/mol. The second-order valence-electron chi connectivity index (χ2n) is 6.66. The molecule has 6 nitrogen and oxygen atoms in total. The highest BCUT2D eigenvalue weighted by molar-refractivity contribution is 6.33. The van der Waals surface area contributed by atoms with Crippen molar-refractivity contribution >= 4 is 40.2 Å². The molecule has 0 aliphatic carbocycles. The Balaban J connectivity index is 1.84. The third-order valence-electron chi connectivity index (χ3n) is 4.16. The smallest absolute Gasteiger partial charge is 0.339 e. The van der Waals surface area contributed by atoms with Gasteiger partial charge in [-0.1, -0.05) is 23.7 Å². The molecule has 3 aromatic rings. The number of hydrogen-bond acceptors (Lipinski definition) is 4. The first-order valence-electron chi connectivity index (χ1n) is 7.83. The van der Waals surface area contributed by atoms with Crippen LogP contribution in [0.25, 0.3) is 11.0 Å². The average Bonchev–Trinajstić information content (AvgIpc) is 3.07. The Bertz CT molecular complexity index is 1010. The Morgan fingerprint density at radius 2 is 2.16 bits per heavy atom. The number of aromatic carboxylic acids is 1. The van der Waals surface area contributed by atoms with E-state index in [9.17, 15) is 9.90 Å². The third kappa shape index (κ3) is 2.68. The number of hydrogen-bond donors (Lipinski definition) is 3. The zero-order chi connectivity index (χ0) is 17.8. The first-order chi connectivity index (χ1) is 11.8. The number of carboxylic acids is 1. The number of rotatable bonds is 3. The molecule has 2 aromatic carbocycles. The number of para-hydroxylation sites is 1. The summed E-state index contributed by atoms with van der Waals surface area (Å²) in [7, 11) is 0. The highest BCUT2D eigenvalue weighted by atomic mass is 35.5. The quantitative estimate of drug-likeness (QED) is 0.647. The number of nitrogens with one attached hydrogen (secondary N) is 2. The Morgan fingerprint density at radius 1 is 1.40 bits per heavy atom. The van der Waals surface area contributed by atoms with E-state index in [1.807, 2.05) is 32.0 Å². The predicted molar refractivity (Wildman–Crippen MR) is 96.2 cm³/mol. The number of carbonyl (C=O) groups is 1. The molecule has 7 heteroatoms. The van der Waals surface area contributed by atoms with Gasteiger partial charge in [0.25, 0.3) is 0 Å². The first-order valence-corrected chi connectivity index (χ1v) is 8.21. The summed E-state index contributed by atoms with van der Waals surface area (Å²) in [5.74, 6) is -0.121. The van der Waals surface area contributed by atoms with Gasteiger partial charge in [0.05, 0.1) is 21.7 Å². The molecule has 1 aliphatic heterocycles. The number of nitrogens with zero attached hydrogens (tertiary/aromatic N) is 1. The molecule has 0 spiro atoms. The van der Waals surface area contributed by atoms with Crippen LogP contribution < -0.4 is 10.1 Å². The number of carboxylic acid groups (broad SMARTS) is 1. The van der Waals surface area contributed by atoms with E-state index in [0.29, 0.717) is 34.2 Å². The molecule has 0 bridgehead atoms. The lowest BCUT2D eigenvalue weighted by Crippen LogP contribution is -2.25. The summed E-state index contributed by atoms with van der Waals surface area (Å²) >= 11 is 6.17. The summed E-state index contributed by atoms with van der Waals surface area (Å²) in [4.78, 5) is 19.3. The second kappa shape index (κ2) is 5.39. The third-order valence-corrected chi connectivity index (χ3v) is 4.49. The van der Waals surface area contributed by atoms with E-state index in [1.54, 1.807) is 12.1 Å². The molecule has 0 unspecified atom stereocenters. The second-order valence-corrected chi connectivity index (χ2v) is 7.07. The van der Waals surface area contributed by atoms with Crippen LogP contribution in [0, 0.1) is 0 Å². The van der Waals surface area contributed by atoms with Gasteiger partial charge in [0.1, 0.15) is 16.9 Å². The molecule has 25 heavy (non-hydrogen) atoms. The fourth-order valence-corrected chi connectivity index (χ4v) is 3.31. The number of imidazole rings is 1. The van der Waals surface area contributed by atoms with E-state index in [0.717, 1.165) is 11.3 Å². The SMILES string of the molecule is CC1(C)Cc2c(c(C(=O)O)cc3[nH]c(Nc4ccccc4Cl)nc23)O1. The summed E-state index contributed by atoms with van der Waals surface area (Å²) in [5.41, 5.74) is 2.56. The highest BCUT2D eigenvalue weighted by Gasteiger charge is 2.36. The van der Waals surface area contributed by atoms with Crippen molar-refractivity contribution in [1.29, 1.82) is 0 Å². The maximum atomic E-state index is 11.6. The van der Waals surface area contributed by atoms with Gasteiger partial charge in [-0.3, -0.25) is 0 Å². The van der Waals surface area contributed by atoms with Gasteiger partial charge in [-0.05, 0) is 32.0 Å². The first kappa shape index (κ1) is 15.8. The maximum Gasteiger partial charge on any atom is 0.339 e. The van der Waals surface area contributed by atoms with Crippen LogP contribution in [0.3, 0.4) is 0 Å². The number of ether oxygens (including phenoxy) is 1. The Morgan fingerprint density at radius 3 is 2.88 bits per heavy atom. The van der Waals surface area contributed by atoms with Gasteiger partial charge in [-0.25, -0.2) is 9.78 Å². The van der Waals surface area contributed by atoms with E-state index in [2.05, 4.69) is 15.3 Å². The average molecular weight is 358 g/mol. The molecule has 3 N–H and O–H groups in total. The Labute approximate surface area is 148 Å². The van der Waals surface area contributed by atoms with E-state index in [1.165, 1.54) is 0 Å². The minimum absolute atomic E-state index is 0.140. The lowest BCUT2D eigenvalue weighted by atomic mass is 9.99. The molecule has 1 aromatic heterocycles. The molecule has 2 heterocycles. The zero-order valence-corrected chi connectivity index (χ0v) is 14.4. The van der Waals surface area contributed by atoms with Gasteiger partial charge in [0, 0.05) is 12.0 Å². The van der Waals surface area contributed by atoms with Crippen LogP contribution >= 0.6 is 11.6 Å². The van der Waals surface area contributed by atoms with Crippen molar-refractivity contribution in [3.05, 3.63) is 46.5 Å². The van der Waals surface area contributed by atoms with Crippen LogP contribution in [0.2, 0.25) is 5.02 Å². The number of benzene rings is 2. The number of H-pyrrole nitrogens is 1. The number of halogens is 1. The van der Waals surface area contributed by atoms with Crippen LogP contribution in [0.4, 0.5) is 11.6 Å². The normalized spacial score (nSPS) is 15.0. The largest absolute Gasteiger partial charge is 0.486 e. The molecule has 128 valence electrons. The number of fused-ring (bicyclic) bond motifs is 3. The van der Waals surface area contributed by atoms with Gasteiger partial charge in [-0.15, -0.1) is 0 Å². The van der Waals surface area contributed by atoms with Crippen molar-refractivity contribution in [2.24, 2.45) is 0 Å². The van der Waals surface area contributed by atoms with Crippen LogP contribution in [-0.2, 0) is 6.42 Å². The lowest BCUT2D eigenvalue weighted by molar-refractivity contribution is 0.0685. The molecule has 0 saturated carbocycles. The van der Waals surface area contributed by atoms with E-state index < -0.39 is 11.6 Å². The predicted octanol–water partition coefficient (Wildman–Crippen LogP) is 4.37. The Kier molecular flexibility index (Phi) is 3.40. The minimum Gasteiger partial charge on any atom is -0.486 e. The fourth-order valence-electron chi connectivity index (χ4n) is 3.13. The Hall–Kier alpha value is -2.73. The highest BCUT2D eigenvalue weighted by Crippen LogP contribution is 2.42. The van der Waals surface area contributed by atoms with Crippen LogP contribution in [-0.4, -0.2) is 26.6 Å². The molecule has 0 radical (unpaired) electrons. The summed E-state index contributed by atoms with van der Waals surface area (Å²) in [5, 5.41) is 13.2. The van der Waals surface area contributed by atoms with Gasteiger partial charge < -0.3 is 20.1 Å². The number of anilines is 2. The number of aromatic nitrogens is 2. The van der Waals surface area contributed by atoms with Crippen LogP contribution in [0.5, 0.6) is 5.75 Å². The van der Waals surface area contributed by atoms with Crippen LogP contribution in [0.1, 0.15) is 29.8 Å². The summed E-state index contributed by atoms with van der Waals surface area (Å²) in [6.07, 6.45) is 0.594. The monoisotopic (exact) mass is 357 g/mol. The molecule has 0 amide bonds. The molecular formula is C18H16ClN3O3. The van der Waals surface area contributed by atoms with E-state index in [-0.39, 0.29) is 5.56 Å². The van der Waals surface area contributed by atoms with Gasteiger partial charge in [-0.2, -0.15) is 0 Å². The molecule has 1 aliphatic rings. The van der Waals surface area contributed by atoms with E-state index in [4.69, 9.17) is 16.3 Å². The van der Waals surface area contributed by atoms with Crippen molar-refractivity contribution in [3.63, 3.8) is 0 Å². The van der Waals surface area contributed by atoms with E-state index >= 15 is 0 Å². The van der Waals surface area contributed by atoms with Gasteiger partial charge >= 0.3 is 5.97 Å². The lowest BCUT2D eigenvalue weighted by Gasteiger charge is -2.17. The zero-order valence-electron chi connectivity index (χ0n) is 13.7. The van der Waals surface area contributed by atoms with Crippen molar-refractivity contribution in [2.75, 3.05) is 5.32 Å². The molecule has 4 rings (SSSR count). The van der Waals surface area contributed by atoms with Gasteiger partial charge in [0.15, 0.2) is 0 Å². The van der Waals surface area contributed by atoms with Crippen molar-refractivity contribution in [3.8, 4) is 5.75 Å². The molecule has 0 atom stereocenters. The van der Waals surface area contributed by atoms with Crippen molar-refractivity contribution in [2.45, 2.75) is 25.9 Å². The summed E-state index contributed by atoms with van der Waals surface area (Å²) < 4.78 is 5.87. The van der Waals surface area contributed by atoms with Crippen LogP contribution in [0.15, 0.2) is 30.3 Å². The van der Waals surface area contributed by atoms with Crippen molar-refractivity contribution < 1.29 is 14.6 Å². The molecule has 0 fully saturated rings. The number of aromatic amines is 1. The summed E-state index contributed by atoms with van der Waals surface area (Å²) in [6.45, 7) is 3.86. The summed E-state index contributed by atoms with van der Waals surface area (Å²) in [6, 6.07) is 8.89. The topological polar surface area (TPSA) is 87.2 Å². The fraction of sp³-hybridized carbons (Fsp3) is 0.222. The van der Waals surface area contributed by atoms with Crippen molar-refractivity contribution in [1.82, 2.24) is 9.97 Å². The minimum atomic E-state index is -1.02. The van der Waals surface area contributed by atoms with Gasteiger partial charge in [0.2, 0.25) is 5.95 Å².